The molecule has 1 aromatic carbocycles. The number of carbonyl (C=O) groups excluding carboxylic acids is 1. The number of sulfonamides is 1. The van der Waals surface area contributed by atoms with Crippen molar-refractivity contribution in [1.29, 1.82) is 0 Å². The molecule has 0 saturated carbocycles. The molecule has 0 spiro atoms. The highest BCUT2D eigenvalue weighted by Gasteiger charge is 2.33. The van der Waals surface area contributed by atoms with Crippen molar-refractivity contribution in [3.05, 3.63) is 23.2 Å². The number of nitrogens with zero attached hydrogens (tertiary/aromatic N) is 1. The van der Waals surface area contributed by atoms with Crippen LogP contribution in [0.1, 0.15) is 33.6 Å². The maximum absolute atomic E-state index is 12.9. The molecule has 26 heavy (non-hydrogen) atoms. The van der Waals surface area contributed by atoms with E-state index in [1.54, 1.807) is 6.07 Å². The van der Waals surface area contributed by atoms with E-state index in [0.717, 1.165) is 0 Å². The van der Waals surface area contributed by atoms with E-state index in [2.05, 4.69) is 5.32 Å². The zero-order valence-electron chi connectivity index (χ0n) is 15.5. The number of carbonyl (C=O) groups is 1. The predicted molar refractivity (Wildman–Crippen MR) is 102 cm³/mol. The van der Waals surface area contributed by atoms with E-state index >= 15 is 0 Å². The molecule has 1 atom stereocenters. The van der Waals surface area contributed by atoms with Crippen molar-refractivity contribution >= 4 is 27.5 Å². The Bertz CT molecular complexity index is 737. The maximum atomic E-state index is 12.9. The van der Waals surface area contributed by atoms with E-state index in [9.17, 15) is 13.2 Å². The van der Waals surface area contributed by atoms with Crippen LogP contribution in [0.15, 0.2) is 23.1 Å². The van der Waals surface area contributed by atoms with E-state index in [-0.39, 0.29) is 28.3 Å². The molecule has 1 N–H and O–H groups in total. The van der Waals surface area contributed by atoms with Crippen molar-refractivity contribution in [1.82, 2.24) is 9.62 Å². The molecule has 0 aromatic heterocycles. The van der Waals surface area contributed by atoms with Crippen molar-refractivity contribution in [3.63, 3.8) is 0 Å². The summed E-state index contributed by atoms with van der Waals surface area (Å²) in [5, 5.41) is 3.16. The fraction of sp³-hybridized carbons (Fsp3) is 0.611. The second-order valence-corrected chi connectivity index (χ2v) is 9.21. The highest BCUT2D eigenvalue weighted by atomic mass is 35.5. The van der Waals surface area contributed by atoms with Gasteiger partial charge < -0.3 is 10.1 Å². The third kappa shape index (κ3) is 5.11. The van der Waals surface area contributed by atoms with Crippen LogP contribution in [-0.4, -0.2) is 44.9 Å². The van der Waals surface area contributed by atoms with Crippen molar-refractivity contribution in [3.8, 4) is 5.75 Å². The van der Waals surface area contributed by atoms with Gasteiger partial charge in [0.2, 0.25) is 15.9 Å². The lowest BCUT2D eigenvalue weighted by Gasteiger charge is -2.31. The van der Waals surface area contributed by atoms with Gasteiger partial charge in [0, 0.05) is 19.6 Å². The summed E-state index contributed by atoms with van der Waals surface area (Å²) in [6.07, 6.45) is 1.35. The van der Waals surface area contributed by atoms with Crippen LogP contribution in [0.25, 0.3) is 0 Å². The minimum absolute atomic E-state index is 0.0803. The first-order valence-corrected chi connectivity index (χ1v) is 10.8. The average Bonchev–Trinajstić information content (AvgIpc) is 2.61. The average molecular weight is 403 g/mol. The first-order chi connectivity index (χ1) is 12.3. The Morgan fingerprint density at radius 2 is 2.15 bits per heavy atom. The summed E-state index contributed by atoms with van der Waals surface area (Å²) in [5.41, 5.74) is 0. The maximum Gasteiger partial charge on any atom is 0.243 e. The first-order valence-electron chi connectivity index (χ1n) is 8.96. The van der Waals surface area contributed by atoms with Gasteiger partial charge in [-0.15, -0.1) is 0 Å². The lowest BCUT2D eigenvalue weighted by molar-refractivity contribution is -0.126. The summed E-state index contributed by atoms with van der Waals surface area (Å²) in [7, 11) is -3.70. The fourth-order valence-electron chi connectivity index (χ4n) is 2.89. The molecular formula is C18H27ClN2O4S. The molecule has 0 bridgehead atoms. The van der Waals surface area contributed by atoms with Crippen LogP contribution in [0.2, 0.25) is 5.02 Å². The molecule has 0 radical (unpaired) electrons. The van der Waals surface area contributed by atoms with Crippen molar-refractivity contribution in [2.24, 2.45) is 11.8 Å². The highest BCUT2D eigenvalue weighted by molar-refractivity contribution is 7.89. The number of hydrogen-bond donors (Lipinski definition) is 1. The molecule has 8 heteroatoms. The molecule has 1 aliphatic heterocycles. The minimum atomic E-state index is -3.70. The number of benzene rings is 1. The molecule has 1 aromatic rings. The Morgan fingerprint density at radius 1 is 1.42 bits per heavy atom. The summed E-state index contributed by atoms with van der Waals surface area (Å²) in [6, 6.07) is 4.47. The van der Waals surface area contributed by atoms with Crippen molar-refractivity contribution in [2.75, 3.05) is 26.2 Å². The van der Waals surface area contributed by atoms with Gasteiger partial charge in [0.1, 0.15) is 5.75 Å². The van der Waals surface area contributed by atoms with Gasteiger partial charge in [-0.05, 0) is 43.9 Å². The van der Waals surface area contributed by atoms with Gasteiger partial charge in [0.05, 0.1) is 22.4 Å². The summed E-state index contributed by atoms with van der Waals surface area (Å²) >= 11 is 6.13. The number of amides is 1. The largest absolute Gasteiger partial charge is 0.492 e. The molecule has 6 nitrogen and oxygen atoms in total. The molecule has 1 fully saturated rings. The van der Waals surface area contributed by atoms with Gasteiger partial charge in [-0.3, -0.25) is 4.79 Å². The molecule has 1 heterocycles. The molecule has 1 amide bonds. The van der Waals surface area contributed by atoms with Crippen molar-refractivity contribution < 1.29 is 17.9 Å². The molecule has 1 saturated heterocycles. The van der Waals surface area contributed by atoms with Gasteiger partial charge in [-0.25, -0.2) is 8.42 Å². The van der Waals surface area contributed by atoms with Crippen LogP contribution in [0.5, 0.6) is 5.75 Å². The Labute approximate surface area is 160 Å². The molecule has 146 valence electrons. The van der Waals surface area contributed by atoms with Gasteiger partial charge in [0.25, 0.3) is 0 Å². The number of halogens is 1. The van der Waals surface area contributed by atoms with E-state index in [1.165, 1.54) is 16.4 Å². The van der Waals surface area contributed by atoms with Crippen LogP contribution in [0.3, 0.4) is 0 Å². The van der Waals surface area contributed by atoms with Crippen LogP contribution in [0.4, 0.5) is 0 Å². The van der Waals surface area contributed by atoms with Crippen molar-refractivity contribution in [2.45, 2.75) is 38.5 Å². The number of nitrogens with one attached hydrogen (secondary N) is 1. The zero-order chi connectivity index (χ0) is 19.3. The van der Waals surface area contributed by atoms with Crippen LogP contribution < -0.4 is 10.1 Å². The minimum Gasteiger partial charge on any atom is -0.492 e. The van der Waals surface area contributed by atoms with E-state index < -0.39 is 10.0 Å². The van der Waals surface area contributed by atoms with Crippen LogP contribution in [0, 0.1) is 11.8 Å². The van der Waals surface area contributed by atoms with Crippen LogP contribution in [-0.2, 0) is 14.8 Å². The third-order valence-corrected chi connectivity index (χ3v) is 6.44. The zero-order valence-corrected chi connectivity index (χ0v) is 17.1. The second-order valence-electron chi connectivity index (χ2n) is 6.87. The number of ether oxygens (including phenoxy) is 1. The number of piperidine rings is 1. The molecular weight excluding hydrogens is 376 g/mol. The molecule has 1 aliphatic rings. The monoisotopic (exact) mass is 402 g/mol. The molecule has 2 rings (SSSR count). The van der Waals surface area contributed by atoms with E-state index in [4.69, 9.17) is 16.3 Å². The molecule has 0 unspecified atom stereocenters. The Kier molecular flexibility index (Phi) is 7.32. The number of hydrogen-bond acceptors (Lipinski definition) is 4. The van der Waals surface area contributed by atoms with Gasteiger partial charge in [-0.1, -0.05) is 25.4 Å². The number of rotatable bonds is 7. The topological polar surface area (TPSA) is 75.7 Å². The quantitative estimate of drug-likeness (QED) is 0.760. The summed E-state index contributed by atoms with van der Waals surface area (Å²) in [5.74, 6) is 0.407. The Hall–Kier alpha value is -1.31. The smallest absolute Gasteiger partial charge is 0.243 e. The van der Waals surface area contributed by atoms with Gasteiger partial charge >= 0.3 is 0 Å². The summed E-state index contributed by atoms with van der Waals surface area (Å²) < 4.78 is 32.6. The summed E-state index contributed by atoms with van der Waals surface area (Å²) in [4.78, 5) is 12.4. The normalized spacial score (nSPS) is 18.7. The SMILES string of the molecule is CCOc1ccc(S(=O)(=O)N2CCC[C@@H](C(=O)NCC(C)C)C2)cc1Cl. The van der Waals surface area contributed by atoms with E-state index in [0.29, 0.717) is 44.2 Å². The lowest BCUT2D eigenvalue weighted by atomic mass is 9.98. The Morgan fingerprint density at radius 3 is 2.77 bits per heavy atom. The lowest BCUT2D eigenvalue weighted by Crippen LogP contribution is -2.45. The highest BCUT2D eigenvalue weighted by Crippen LogP contribution is 2.30. The van der Waals surface area contributed by atoms with Crippen LogP contribution >= 0.6 is 11.6 Å². The second kappa shape index (κ2) is 9.06. The fourth-order valence-corrected chi connectivity index (χ4v) is 4.74. The first kappa shape index (κ1) is 21.0. The molecule has 0 aliphatic carbocycles. The van der Waals surface area contributed by atoms with E-state index in [1.807, 2.05) is 20.8 Å². The summed E-state index contributed by atoms with van der Waals surface area (Å²) in [6.45, 7) is 7.51. The third-order valence-electron chi connectivity index (χ3n) is 4.28. The van der Waals surface area contributed by atoms with Gasteiger partial charge in [-0.2, -0.15) is 4.31 Å². The Balaban J connectivity index is 2.13. The standard InChI is InChI=1S/C18H27ClN2O4S/c1-4-25-17-8-7-15(10-16(17)19)26(23,24)21-9-5-6-14(12-21)18(22)20-11-13(2)3/h7-8,10,13-14H,4-6,9,11-12H2,1-3H3,(H,20,22)/t14-/m1/s1. The predicted octanol–water partition coefficient (Wildman–Crippen LogP) is 2.91. The van der Waals surface area contributed by atoms with Gasteiger partial charge in [0.15, 0.2) is 0 Å².